The van der Waals surface area contributed by atoms with Crippen molar-refractivity contribution in [3.63, 3.8) is 0 Å². The minimum atomic E-state index is -4.94. The van der Waals surface area contributed by atoms with Crippen LogP contribution in [0.5, 0.6) is 0 Å². The normalized spacial score (nSPS) is 14.5. The van der Waals surface area contributed by atoms with E-state index in [0.717, 1.165) is 109 Å². The standard InChI is InChI=1S/C58H112O17P2/c1-7-9-11-13-15-16-17-18-19-21-30-36-42-57(62)74-53(47-69-56(61)41-35-29-24-22-26-32-38-50(3)4)48-72-76(64,65)70-44-52(59)45-71-77(66,67)73-49-54(46-68-55(60)40-34-28-20-14-12-10-8-2)75-58(63)43-37-31-25-23-27-33-39-51(5)6/h50-54,59H,7-49H2,1-6H3,(H,64,65)(H,66,67)/t52-,53-,54-/m1/s1. The molecule has 0 spiro atoms. The van der Waals surface area contributed by atoms with Crippen LogP contribution in [-0.4, -0.2) is 96.7 Å². The summed E-state index contributed by atoms with van der Waals surface area (Å²) in [4.78, 5) is 71.7. The zero-order valence-electron chi connectivity index (χ0n) is 49.2. The quantitative estimate of drug-likeness (QED) is 0.0222. The highest BCUT2D eigenvalue weighted by Gasteiger charge is 2.30. The molecule has 0 aliphatic rings. The zero-order valence-corrected chi connectivity index (χ0v) is 51.0. The monoisotopic (exact) mass is 1140 g/mol. The van der Waals surface area contributed by atoms with Crippen LogP contribution >= 0.6 is 15.6 Å². The second-order valence-electron chi connectivity index (χ2n) is 22.0. The molecule has 5 atom stereocenters. The van der Waals surface area contributed by atoms with E-state index in [1.807, 2.05) is 0 Å². The minimum Gasteiger partial charge on any atom is -0.462 e. The van der Waals surface area contributed by atoms with Crippen molar-refractivity contribution in [3.8, 4) is 0 Å². The summed E-state index contributed by atoms with van der Waals surface area (Å²) in [5.41, 5.74) is 0. The van der Waals surface area contributed by atoms with Crippen molar-refractivity contribution in [2.75, 3.05) is 39.6 Å². The van der Waals surface area contributed by atoms with Gasteiger partial charge in [0.2, 0.25) is 0 Å². The van der Waals surface area contributed by atoms with Gasteiger partial charge in [-0.15, -0.1) is 0 Å². The van der Waals surface area contributed by atoms with Gasteiger partial charge in [0.05, 0.1) is 26.4 Å². The lowest BCUT2D eigenvalue weighted by Gasteiger charge is -2.21. The van der Waals surface area contributed by atoms with E-state index in [2.05, 4.69) is 41.5 Å². The average Bonchev–Trinajstić information content (AvgIpc) is 3.38. The smallest absolute Gasteiger partial charge is 0.462 e. The van der Waals surface area contributed by atoms with Gasteiger partial charge in [-0.25, -0.2) is 9.13 Å². The van der Waals surface area contributed by atoms with Gasteiger partial charge in [-0.05, 0) is 37.5 Å². The van der Waals surface area contributed by atoms with Crippen molar-refractivity contribution in [2.45, 2.75) is 297 Å². The maximum absolute atomic E-state index is 12.9. The van der Waals surface area contributed by atoms with E-state index in [0.29, 0.717) is 37.5 Å². The van der Waals surface area contributed by atoms with Gasteiger partial charge >= 0.3 is 39.5 Å². The summed E-state index contributed by atoms with van der Waals surface area (Å²) >= 11 is 0. The highest BCUT2D eigenvalue weighted by Crippen LogP contribution is 2.45. The van der Waals surface area contributed by atoms with E-state index < -0.39 is 97.5 Å². The molecule has 0 aromatic rings. The number of phosphoric ester groups is 2. The van der Waals surface area contributed by atoms with Crippen LogP contribution in [0.25, 0.3) is 0 Å². The summed E-state index contributed by atoms with van der Waals surface area (Å²) in [6, 6.07) is 0. The summed E-state index contributed by atoms with van der Waals surface area (Å²) in [5, 5.41) is 10.5. The molecule has 456 valence electrons. The molecular formula is C58H112O17P2. The molecule has 0 aliphatic carbocycles. The predicted molar refractivity (Wildman–Crippen MR) is 303 cm³/mol. The Bertz CT molecular complexity index is 1530. The third kappa shape index (κ3) is 53.2. The number of phosphoric acid groups is 2. The molecule has 77 heavy (non-hydrogen) atoms. The number of hydrogen-bond acceptors (Lipinski definition) is 15. The summed E-state index contributed by atoms with van der Waals surface area (Å²) in [6.07, 6.45) is 31.1. The molecule has 0 bridgehead atoms. The Hall–Kier alpha value is -1.94. The molecule has 0 heterocycles. The first kappa shape index (κ1) is 75.1. The van der Waals surface area contributed by atoms with E-state index in [1.165, 1.54) is 77.0 Å². The van der Waals surface area contributed by atoms with E-state index in [1.54, 1.807) is 0 Å². The fraction of sp³-hybridized carbons (Fsp3) is 0.931. The van der Waals surface area contributed by atoms with Crippen LogP contribution in [0.15, 0.2) is 0 Å². The van der Waals surface area contributed by atoms with E-state index in [9.17, 15) is 43.2 Å². The topological polar surface area (TPSA) is 237 Å². The summed E-state index contributed by atoms with van der Waals surface area (Å²) < 4.78 is 67.6. The number of carbonyl (C=O) groups is 4. The molecule has 0 amide bonds. The van der Waals surface area contributed by atoms with Gasteiger partial charge in [0, 0.05) is 25.7 Å². The van der Waals surface area contributed by atoms with Crippen LogP contribution in [0.4, 0.5) is 0 Å². The SMILES string of the molecule is CCCCCCCCCCCCCCC(=O)O[C@H](COC(=O)CCCCCCCCC(C)C)COP(=O)(O)OC[C@@H](O)COP(=O)(O)OC[C@@H](COC(=O)CCCCCCCCC)OC(=O)CCCCCCCCC(C)C. The zero-order chi connectivity index (χ0) is 57.3. The second kappa shape index (κ2) is 51.0. The number of hydrogen-bond donors (Lipinski definition) is 3. The van der Waals surface area contributed by atoms with Gasteiger partial charge in [-0.1, -0.05) is 228 Å². The fourth-order valence-electron chi connectivity index (χ4n) is 8.47. The number of carbonyl (C=O) groups excluding carboxylic acids is 4. The number of aliphatic hydroxyl groups is 1. The number of esters is 4. The van der Waals surface area contributed by atoms with Gasteiger partial charge in [-0.3, -0.25) is 37.3 Å². The summed E-state index contributed by atoms with van der Waals surface area (Å²) in [6.45, 7) is 9.23. The average molecular weight is 1140 g/mol. The molecule has 17 nitrogen and oxygen atoms in total. The summed E-state index contributed by atoms with van der Waals surface area (Å²) in [7, 11) is -9.87. The predicted octanol–water partition coefficient (Wildman–Crippen LogP) is 15.3. The van der Waals surface area contributed by atoms with Crippen molar-refractivity contribution in [3.05, 3.63) is 0 Å². The van der Waals surface area contributed by atoms with Crippen molar-refractivity contribution >= 4 is 39.5 Å². The van der Waals surface area contributed by atoms with Crippen molar-refractivity contribution < 1.29 is 80.2 Å². The lowest BCUT2D eigenvalue weighted by atomic mass is 10.0. The van der Waals surface area contributed by atoms with E-state index >= 15 is 0 Å². The second-order valence-corrected chi connectivity index (χ2v) is 24.9. The van der Waals surface area contributed by atoms with Gasteiger partial charge in [0.15, 0.2) is 12.2 Å². The maximum Gasteiger partial charge on any atom is 0.472 e. The highest BCUT2D eigenvalue weighted by atomic mass is 31.2. The lowest BCUT2D eigenvalue weighted by Crippen LogP contribution is -2.30. The molecule has 0 radical (unpaired) electrons. The Balaban J connectivity index is 5.21. The largest absolute Gasteiger partial charge is 0.472 e. The molecule has 0 fully saturated rings. The van der Waals surface area contributed by atoms with Gasteiger partial charge in [0.1, 0.15) is 19.3 Å². The van der Waals surface area contributed by atoms with Crippen molar-refractivity contribution in [1.82, 2.24) is 0 Å². The molecule has 3 N–H and O–H groups in total. The first-order valence-corrected chi connectivity index (χ1v) is 33.5. The van der Waals surface area contributed by atoms with E-state index in [4.69, 9.17) is 37.0 Å². The first-order chi connectivity index (χ1) is 36.9. The van der Waals surface area contributed by atoms with E-state index in [-0.39, 0.29) is 25.7 Å². The van der Waals surface area contributed by atoms with Crippen LogP contribution < -0.4 is 0 Å². The van der Waals surface area contributed by atoms with Gasteiger partial charge in [-0.2, -0.15) is 0 Å². The third-order valence-corrected chi connectivity index (χ3v) is 15.1. The highest BCUT2D eigenvalue weighted by molar-refractivity contribution is 7.47. The Labute approximate surface area is 467 Å². The Kier molecular flexibility index (Phi) is 49.7. The van der Waals surface area contributed by atoms with Crippen LogP contribution in [-0.2, 0) is 65.4 Å². The number of aliphatic hydroxyl groups excluding tert-OH is 1. The third-order valence-electron chi connectivity index (χ3n) is 13.2. The Morgan fingerprint density at radius 3 is 0.883 bits per heavy atom. The summed E-state index contributed by atoms with van der Waals surface area (Å²) in [5.74, 6) is -0.803. The van der Waals surface area contributed by atoms with Crippen molar-refractivity contribution in [2.24, 2.45) is 11.8 Å². The van der Waals surface area contributed by atoms with Gasteiger partial charge in [0.25, 0.3) is 0 Å². The Morgan fingerprint density at radius 2 is 0.597 bits per heavy atom. The number of unbranched alkanes of at least 4 members (excludes halogenated alkanes) is 27. The van der Waals surface area contributed by atoms with Crippen LogP contribution in [0.1, 0.15) is 279 Å². The first-order valence-electron chi connectivity index (χ1n) is 30.5. The van der Waals surface area contributed by atoms with Gasteiger partial charge < -0.3 is 33.8 Å². The minimum absolute atomic E-state index is 0.101. The fourth-order valence-corrected chi connectivity index (χ4v) is 10.0. The Morgan fingerprint density at radius 1 is 0.351 bits per heavy atom. The molecular weight excluding hydrogens is 1030 g/mol. The molecule has 0 saturated heterocycles. The maximum atomic E-state index is 12.9. The van der Waals surface area contributed by atoms with Crippen molar-refractivity contribution in [1.29, 1.82) is 0 Å². The number of ether oxygens (including phenoxy) is 4. The van der Waals surface area contributed by atoms with Crippen LogP contribution in [0, 0.1) is 11.8 Å². The number of rotatable bonds is 57. The molecule has 19 heteroatoms. The molecule has 2 unspecified atom stereocenters. The van der Waals surface area contributed by atoms with Crippen LogP contribution in [0.2, 0.25) is 0 Å². The lowest BCUT2D eigenvalue weighted by molar-refractivity contribution is -0.161. The molecule has 0 saturated carbocycles. The molecule has 0 aliphatic heterocycles. The molecule has 0 rings (SSSR count). The van der Waals surface area contributed by atoms with Crippen LogP contribution in [0.3, 0.4) is 0 Å². The molecule has 0 aromatic carbocycles. The molecule has 0 aromatic heterocycles.